The zero-order valence-electron chi connectivity index (χ0n) is 13.9. The van der Waals surface area contributed by atoms with Crippen molar-refractivity contribution in [1.82, 2.24) is 10.2 Å². The summed E-state index contributed by atoms with van der Waals surface area (Å²) in [6.45, 7) is 7.86. The van der Waals surface area contributed by atoms with E-state index in [0.29, 0.717) is 5.41 Å². The highest BCUT2D eigenvalue weighted by molar-refractivity contribution is 5.74. The van der Waals surface area contributed by atoms with Gasteiger partial charge in [-0.15, -0.1) is 0 Å². The number of rotatable bonds is 6. The van der Waals surface area contributed by atoms with E-state index in [0.717, 1.165) is 65.3 Å². The van der Waals surface area contributed by atoms with Crippen LogP contribution >= 0.6 is 0 Å². The molecule has 2 amide bonds. The first kappa shape index (κ1) is 16.1. The Hall–Kier alpha value is -0.810. The second-order valence-corrected chi connectivity index (χ2v) is 7.43. The fourth-order valence-electron chi connectivity index (χ4n) is 4.08. The molecule has 0 aromatic carbocycles. The van der Waals surface area contributed by atoms with E-state index < -0.39 is 0 Å². The quantitative estimate of drug-likeness (QED) is 0.767. The molecule has 1 atom stereocenters. The number of carbonyl (C=O) groups is 1. The first-order valence-electron chi connectivity index (χ1n) is 8.85. The van der Waals surface area contributed by atoms with E-state index in [-0.39, 0.29) is 11.4 Å². The molecule has 2 saturated heterocycles. The van der Waals surface area contributed by atoms with Gasteiger partial charge >= 0.3 is 6.03 Å². The van der Waals surface area contributed by atoms with Crippen molar-refractivity contribution in [2.24, 2.45) is 10.8 Å². The molecule has 5 heteroatoms. The Morgan fingerprint density at radius 3 is 2.82 bits per heavy atom. The number of likely N-dealkylation sites (tertiary alicyclic amines) is 1. The standard InChI is InChI=1S/C17H30N2O3/c1-2-21-10-7-16(4-3-5-16)12-18-15(20)19-9-6-17(13-19)8-11-22-14-17/h2-14H2,1H3,(H,18,20)/t17-/m0/s1. The lowest BCUT2D eigenvalue weighted by molar-refractivity contribution is 0.0546. The number of nitrogens with zero attached hydrogens (tertiary/aromatic N) is 1. The molecule has 1 aliphatic carbocycles. The second kappa shape index (κ2) is 6.75. The lowest BCUT2D eigenvalue weighted by atomic mass is 9.67. The highest BCUT2D eigenvalue weighted by atomic mass is 16.5. The highest BCUT2D eigenvalue weighted by Crippen LogP contribution is 2.43. The summed E-state index contributed by atoms with van der Waals surface area (Å²) in [4.78, 5) is 14.4. The van der Waals surface area contributed by atoms with E-state index in [1.165, 1.54) is 19.3 Å². The number of ether oxygens (including phenoxy) is 2. The van der Waals surface area contributed by atoms with Crippen LogP contribution in [0.15, 0.2) is 0 Å². The Kier molecular flexibility index (Phi) is 4.93. The van der Waals surface area contributed by atoms with Crippen LogP contribution in [-0.4, -0.2) is 57.0 Å². The molecule has 3 rings (SSSR count). The van der Waals surface area contributed by atoms with Crippen LogP contribution in [-0.2, 0) is 9.47 Å². The van der Waals surface area contributed by atoms with Crippen LogP contribution < -0.4 is 5.32 Å². The Labute approximate surface area is 133 Å². The van der Waals surface area contributed by atoms with E-state index in [4.69, 9.17) is 9.47 Å². The number of urea groups is 1. The highest BCUT2D eigenvalue weighted by Gasteiger charge is 2.43. The van der Waals surface area contributed by atoms with Crippen molar-refractivity contribution < 1.29 is 14.3 Å². The first-order valence-corrected chi connectivity index (χ1v) is 8.85. The summed E-state index contributed by atoms with van der Waals surface area (Å²) in [6.07, 6.45) is 6.99. The third kappa shape index (κ3) is 3.40. The predicted molar refractivity (Wildman–Crippen MR) is 84.9 cm³/mol. The number of hydrogen-bond donors (Lipinski definition) is 1. The maximum atomic E-state index is 12.4. The van der Waals surface area contributed by atoms with Crippen LogP contribution in [0.5, 0.6) is 0 Å². The van der Waals surface area contributed by atoms with Gasteiger partial charge in [0.15, 0.2) is 0 Å². The van der Waals surface area contributed by atoms with Gasteiger partial charge in [0.25, 0.3) is 0 Å². The molecule has 2 aliphatic heterocycles. The zero-order valence-corrected chi connectivity index (χ0v) is 13.9. The summed E-state index contributed by atoms with van der Waals surface area (Å²) in [6, 6.07) is 0.117. The molecule has 0 aromatic rings. The third-order valence-corrected chi connectivity index (χ3v) is 5.92. The molecule has 126 valence electrons. The van der Waals surface area contributed by atoms with Gasteiger partial charge in [0.2, 0.25) is 0 Å². The summed E-state index contributed by atoms with van der Waals surface area (Å²) >= 11 is 0. The molecule has 5 nitrogen and oxygen atoms in total. The van der Waals surface area contributed by atoms with E-state index in [9.17, 15) is 4.79 Å². The van der Waals surface area contributed by atoms with Gasteiger partial charge in [0.1, 0.15) is 0 Å². The van der Waals surface area contributed by atoms with Gasteiger partial charge in [-0.2, -0.15) is 0 Å². The van der Waals surface area contributed by atoms with Crippen LogP contribution in [0.2, 0.25) is 0 Å². The molecule has 22 heavy (non-hydrogen) atoms. The van der Waals surface area contributed by atoms with Crippen LogP contribution in [0.1, 0.15) is 45.4 Å². The van der Waals surface area contributed by atoms with Crippen LogP contribution in [0.4, 0.5) is 4.79 Å². The molecule has 0 aromatic heterocycles. The lowest BCUT2D eigenvalue weighted by Crippen LogP contribution is -2.47. The average molecular weight is 310 g/mol. The number of amides is 2. The smallest absolute Gasteiger partial charge is 0.317 e. The van der Waals surface area contributed by atoms with Crippen LogP contribution in [0.25, 0.3) is 0 Å². The van der Waals surface area contributed by atoms with Crippen LogP contribution in [0, 0.1) is 10.8 Å². The molecule has 2 heterocycles. The Balaban J connectivity index is 1.44. The van der Waals surface area contributed by atoms with Crippen molar-refractivity contribution >= 4 is 6.03 Å². The predicted octanol–water partition coefficient (Wildman–Crippen LogP) is 2.41. The molecular weight excluding hydrogens is 280 g/mol. The van der Waals surface area contributed by atoms with E-state index in [1.54, 1.807) is 0 Å². The van der Waals surface area contributed by atoms with Gasteiger partial charge in [-0.25, -0.2) is 4.79 Å². The van der Waals surface area contributed by atoms with Crippen molar-refractivity contribution in [2.45, 2.75) is 45.4 Å². The maximum Gasteiger partial charge on any atom is 0.317 e. The molecule has 3 fully saturated rings. The van der Waals surface area contributed by atoms with Crippen molar-refractivity contribution in [1.29, 1.82) is 0 Å². The Morgan fingerprint density at radius 1 is 1.32 bits per heavy atom. The monoisotopic (exact) mass is 310 g/mol. The first-order chi connectivity index (χ1) is 10.7. The Bertz CT molecular complexity index is 389. The third-order valence-electron chi connectivity index (χ3n) is 5.92. The fraction of sp³-hybridized carbons (Fsp3) is 0.941. The minimum Gasteiger partial charge on any atom is -0.382 e. The number of hydrogen-bond acceptors (Lipinski definition) is 3. The van der Waals surface area contributed by atoms with Gasteiger partial charge < -0.3 is 19.7 Å². The van der Waals surface area contributed by atoms with Gasteiger partial charge in [0.05, 0.1) is 6.61 Å². The second-order valence-electron chi connectivity index (χ2n) is 7.43. The summed E-state index contributed by atoms with van der Waals surface area (Å²) in [7, 11) is 0. The minimum atomic E-state index is 0.117. The molecule has 3 aliphatic rings. The van der Waals surface area contributed by atoms with Crippen molar-refractivity contribution in [3.8, 4) is 0 Å². The maximum absolute atomic E-state index is 12.4. The Morgan fingerprint density at radius 2 is 2.18 bits per heavy atom. The van der Waals surface area contributed by atoms with Crippen LogP contribution in [0.3, 0.4) is 0 Å². The molecular formula is C17H30N2O3. The van der Waals surface area contributed by atoms with Crippen molar-refractivity contribution in [3.63, 3.8) is 0 Å². The van der Waals surface area contributed by atoms with Gasteiger partial charge in [-0.05, 0) is 44.4 Å². The van der Waals surface area contributed by atoms with E-state index >= 15 is 0 Å². The van der Waals surface area contributed by atoms with Gasteiger partial charge in [0, 0.05) is 44.9 Å². The fourth-order valence-corrected chi connectivity index (χ4v) is 4.08. The van der Waals surface area contributed by atoms with Crippen molar-refractivity contribution in [2.75, 3.05) is 46.1 Å². The largest absolute Gasteiger partial charge is 0.382 e. The van der Waals surface area contributed by atoms with E-state index in [1.807, 2.05) is 11.8 Å². The zero-order chi connectivity index (χ0) is 15.5. The summed E-state index contributed by atoms with van der Waals surface area (Å²) in [5.74, 6) is 0. The van der Waals surface area contributed by atoms with Gasteiger partial charge in [-0.1, -0.05) is 6.42 Å². The lowest BCUT2D eigenvalue weighted by Gasteiger charge is -2.42. The summed E-state index contributed by atoms with van der Waals surface area (Å²) in [5.41, 5.74) is 0.541. The normalized spacial score (nSPS) is 29.8. The molecule has 1 spiro atoms. The molecule has 0 unspecified atom stereocenters. The number of carbonyl (C=O) groups excluding carboxylic acids is 1. The average Bonchev–Trinajstić information content (AvgIpc) is 3.11. The topological polar surface area (TPSA) is 50.8 Å². The molecule has 0 radical (unpaired) electrons. The van der Waals surface area contributed by atoms with E-state index in [2.05, 4.69) is 5.32 Å². The summed E-state index contributed by atoms with van der Waals surface area (Å²) in [5, 5.41) is 3.19. The molecule has 1 saturated carbocycles. The summed E-state index contributed by atoms with van der Waals surface area (Å²) < 4.78 is 11.0. The van der Waals surface area contributed by atoms with Gasteiger partial charge in [-0.3, -0.25) is 0 Å². The number of nitrogens with one attached hydrogen (secondary N) is 1. The molecule has 1 N–H and O–H groups in total. The minimum absolute atomic E-state index is 0.117. The van der Waals surface area contributed by atoms with Crippen molar-refractivity contribution in [3.05, 3.63) is 0 Å². The molecule has 0 bridgehead atoms. The SMILES string of the molecule is CCOCCC1(CNC(=O)N2CC[C@]3(CCOC3)C2)CCC1.